The molecule has 2 heteroatoms. The van der Waals surface area contributed by atoms with Crippen LogP contribution in [-0.2, 0) is 6.42 Å². The minimum Gasteiger partial charge on any atom is -0.261 e. The van der Waals surface area contributed by atoms with Crippen molar-refractivity contribution < 1.29 is 0 Å². The quantitative estimate of drug-likeness (QED) is 0.531. The minimum atomic E-state index is 1.13. The summed E-state index contributed by atoms with van der Waals surface area (Å²) in [6.07, 6.45) is 9.65. The molecule has 1 heterocycles. The van der Waals surface area contributed by atoms with Gasteiger partial charge in [0.2, 0.25) is 0 Å². The smallest absolute Gasteiger partial charge is 0.0403 e. The zero-order chi connectivity index (χ0) is 10.1. The fourth-order valence-corrected chi connectivity index (χ4v) is 1.87. The first-order valence-electron chi connectivity index (χ1n) is 5.39. The summed E-state index contributed by atoms with van der Waals surface area (Å²) in [5.41, 5.74) is 1.23. The van der Waals surface area contributed by atoms with Gasteiger partial charge in [0, 0.05) is 17.2 Å². The topological polar surface area (TPSA) is 12.9 Å². The van der Waals surface area contributed by atoms with Crippen molar-refractivity contribution in [1.82, 2.24) is 4.98 Å². The standard InChI is InChI=1S/C12H18BrN/c13-10-6-3-1-2-4-8-12-9-5-7-11-14-12/h5,7,9,11H,1-4,6,8,10H2. The van der Waals surface area contributed by atoms with Crippen LogP contribution in [0.15, 0.2) is 24.4 Å². The average molecular weight is 256 g/mol. The van der Waals surface area contributed by atoms with Crippen LogP contribution in [0.25, 0.3) is 0 Å². The molecule has 14 heavy (non-hydrogen) atoms. The van der Waals surface area contributed by atoms with Gasteiger partial charge in [0.15, 0.2) is 0 Å². The van der Waals surface area contributed by atoms with Crippen LogP contribution >= 0.6 is 15.9 Å². The Bertz CT molecular complexity index is 223. The van der Waals surface area contributed by atoms with Crippen LogP contribution in [0.2, 0.25) is 0 Å². The molecule has 0 saturated carbocycles. The van der Waals surface area contributed by atoms with E-state index in [4.69, 9.17) is 0 Å². The highest BCUT2D eigenvalue weighted by Gasteiger charge is 1.93. The summed E-state index contributed by atoms with van der Waals surface area (Å²) in [6.45, 7) is 0. The predicted molar refractivity (Wildman–Crippen MR) is 64.8 cm³/mol. The summed E-state index contributed by atoms with van der Waals surface area (Å²) in [6, 6.07) is 6.14. The highest BCUT2D eigenvalue weighted by atomic mass is 79.9. The normalized spacial score (nSPS) is 10.4. The van der Waals surface area contributed by atoms with E-state index < -0.39 is 0 Å². The van der Waals surface area contributed by atoms with Crippen molar-refractivity contribution in [2.24, 2.45) is 0 Å². The molecule has 1 nitrogen and oxygen atoms in total. The molecule has 0 aromatic carbocycles. The number of aromatic nitrogens is 1. The second-order valence-electron chi connectivity index (χ2n) is 3.53. The van der Waals surface area contributed by atoms with E-state index in [-0.39, 0.29) is 0 Å². The molecule has 1 rings (SSSR count). The Kier molecular flexibility index (Phi) is 6.67. The van der Waals surface area contributed by atoms with E-state index in [0.29, 0.717) is 0 Å². The predicted octanol–water partition coefficient (Wildman–Crippen LogP) is 3.97. The maximum atomic E-state index is 4.31. The Balaban J connectivity index is 1.99. The van der Waals surface area contributed by atoms with Crippen molar-refractivity contribution in [2.45, 2.75) is 38.5 Å². The lowest BCUT2D eigenvalue weighted by Gasteiger charge is -2.00. The van der Waals surface area contributed by atoms with Gasteiger partial charge in [0.05, 0.1) is 0 Å². The third-order valence-electron chi connectivity index (χ3n) is 2.29. The van der Waals surface area contributed by atoms with Crippen LogP contribution in [0.3, 0.4) is 0 Å². The van der Waals surface area contributed by atoms with Gasteiger partial charge in [-0.25, -0.2) is 0 Å². The second-order valence-corrected chi connectivity index (χ2v) is 4.32. The number of hydrogen-bond donors (Lipinski definition) is 0. The fourth-order valence-electron chi connectivity index (χ4n) is 1.48. The minimum absolute atomic E-state index is 1.13. The van der Waals surface area contributed by atoms with Gasteiger partial charge >= 0.3 is 0 Å². The molecular weight excluding hydrogens is 238 g/mol. The molecule has 0 bridgehead atoms. The van der Waals surface area contributed by atoms with Gasteiger partial charge in [-0.15, -0.1) is 0 Å². The van der Waals surface area contributed by atoms with Gasteiger partial charge in [0.1, 0.15) is 0 Å². The number of aryl methyl sites for hydroxylation is 1. The van der Waals surface area contributed by atoms with E-state index in [0.717, 1.165) is 11.8 Å². The highest BCUT2D eigenvalue weighted by molar-refractivity contribution is 9.09. The van der Waals surface area contributed by atoms with Crippen molar-refractivity contribution in [3.8, 4) is 0 Å². The average Bonchev–Trinajstić information content (AvgIpc) is 2.25. The molecule has 0 unspecified atom stereocenters. The zero-order valence-corrected chi connectivity index (χ0v) is 10.2. The van der Waals surface area contributed by atoms with Crippen LogP contribution < -0.4 is 0 Å². The Hall–Kier alpha value is -0.370. The lowest BCUT2D eigenvalue weighted by Crippen LogP contribution is -1.89. The van der Waals surface area contributed by atoms with Crippen molar-refractivity contribution in [3.63, 3.8) is 0 Å². The molecule has 0 aliphatic rings. The van der Waals surface area contributed by atoms with E-state index in [2.05, 4.69) is 33.0 Å². The molecule has 0 N–H and O–H groups in total. The molecule has 0 aliphatic heterocycles. The van der Waals surface area contributed by atoms with Crippen LogP contribution in [-0.4, -0.2) is 10.3 Å². The third-order valence-corrected chi connectivity index (χ3v) is 2.85. The van der Waals surface area contributed by atoms with Crippen molar-refractivity contribution in [3.05, 3.63) is 30.1 Å². The van der Waals surface area contributed by atoms with E-state index in [1.807, 2.05) is 12.3 Å². The summed E-state index contributed by atoms with van der Waals surface area (Å²) >= 11 is 3.45. The Morgan fingerprint density at radius 1 is 1.00 bits per heavy atom. The van der Waals surface area contributed by atoms with Crippen molar-refractivity contribution >= 4 is 15.9 Å². The summed E-state index contributed by atoms with van der Waals surface area (Å²) in [5, 5.41) is 1.15. The molecule has 0 saturated heterocycles. The van der Waals surface area contributed by atoms with Gasteiger partial charge in [-0.2, -0.15) is 0 Å². The molecule has 1 aromatic heterocycles. The van der Waals surface area contributed by atoms with Crippen molar-refractivity contribution in [1.29, 1.82) is 0 Å². The summed E-state index contributed by atoms with van der Waals surface area (Å²) in [5.74, 6) is 0. The molecule has 1 aromatic rings. The number of unbranched alkanes of at least 4 members (excludes halogenated alkanes) is 4. The van der Waals surface area contributed by atoms with Crippen LogP contribution in [0.5, 0.6) is 0 Å². The van der Waals surface area contributed by atoms with Gasteiger partial charge in [-0.3, -0.25) is 4.98 Å². The maximum Gasteiger partial charge on any atom is 0.0403 e. The first kappa shape index (κ1) is 11.7. The maximum absolute atomic E-state index is 4.31. The number of rotatable bonds is 7. The molecule has 0 aliphatic carbocycles. The second kappa shape index (κ2) is 7.98. The van der Waals surface area contributed by atoms with Gasteiger partial charge in [-0.1, -0.05) is 41.3 Å². The molecule has 0 fully saturated rings. The third kappa shape index (κ3) is 5.38. The van der Waals surface area contributed by atoms with Crippen LogP contribution in [0.4, 0.5) is 0 Å². The lowest BCUT2D eigenvalue weighted by atomic mass is 10.1. The largest absolute Gasteiger partial charge is 0.261 e. The molecule has 0 spiro atoms. The van der Waals surface area contributed by atoms with E-state index >= 15 is 0 Å². The van der Waals surface area contributed by atoms with Gasteiger partial charge in [0.25, 0.3) is 0 Å². The molecular formula is C12H18BrN. The molecule has 0 radical (unpaired) electrons. The first-order valence-corrected chi connectivity index (χ1v) is 6.51. The Labute approximate surface area is 95.1 Å². The Morgan fingerprint density at radius 2 is 1.79 bits per heavy atom. The number of hydrogen-bond acceptors (Lipinski definition) is 1. The number of halogens is 1. The Morgan fingerprint density at radius 3 is 2.50 bits per heavy atom. The SMILES string of the molecule is BrCCCCCCCc1ccccn1. The number of pyridine rings is 1. The van der Waals surface area contributed by atoms with Crippen LogP contribution in [0, 0.1) is 0 Å². The van der Waals surface area contributed by atoms with E-state index in [9.17, 15) is 0 Å². The van der Waals surface area contributed by atoms with Crippen molar-refractivity contribution in [2.75, 3.05) is 5.33 Å². The van der Waals surface area contributed by atoms with Crippen LogP contribution in [0.1, 0.15) is 37.8 Å². The van der Waals surface area contributed by atoms with E-state index in [1.165, 1.54) is 37.8 Å². The molecule has 78 valence electrons. The monoisotopic (exact) mass is 255 g/mol. The zero-order valence-electron chi connectivity index (χ0n) is 8.58. The fraction of sp³-hybridized carbons (Fsp3) is 0.583. The number of nitrogens with zero attached hydrogens (tertiary/aromatic N) is 1. The van der Waals surface area contributed by atoms with Gasteiger partial charge < -0.3 is 0 Å². The van der Waals surface area contributed by atoms with E-state index in [1.54, 1.807) is 0 Å². The molecule has 0 amide bonds. The first-order chi connectivity index (χ1) is 6.93. The summed E-state index contributed by atoms with van der Waals surface area (Å²) < 4.78 is 0. The lowest BCUT2D eigenvalue weighted by molar-refractivity contribution is 0.631. The summed E-state index contributed by atoms with van der Waals surface area (Å²) in [7, 11) is 0. The summed E-state index contributed by atoms with van der Waals surface area (Å²) in [4.78, 5) is 4.31. The molecule has 0 atom stereocenters. The van der Waals surface area contributed by atoms with Gasteiger partial charge in [-0.05, 0) is 31.4 Å². The highest BCUT2D eigenvalue weighted by Crippen LogP contribution is 2.07. The number of alkyl halides is 1.